The van der Waals surface area contributed by atoms with Crippen LogP contribution in [0.25, 0.3) is 0 Å². The summed E-state index contributed by atoms with van der Waals surface area (Å²) >= 11 is 3.43. The van der Waals surface area contributed by atoms with Gasteiger partial charge in [-0.3, -0.25) is 4.79 Å². The zero-order valence-corrected chi connectivity index (χ0v) is 16.3. The predicted molar refractivity (Wildman–Crippen MR) is 108 cm³/mol. The Morgan fingerprint density at radius 3 is 2.11 bits per heavy atom. The maximum Gasteiger partial charge on any atom is 0.262 e. The number of ether oxygens (including phenoxy) is 1. The Morgan fingerprint density at radius 2 is 1.50 bits per heavy atom. The molecule has 0 atom stereocenters. The third-order valence-corrected chi connectivity index (χ3v) is 4.44. The average molecular weight is 447 g/mol. The van der Waals surface area contributed by atoms with E-state index in [9.17, 15) is 13.6 Å². The normalized spacial score (nSPS) is 10.4. The molecule has 4 nitrogen and oxygen atoms in total. The molecule has 0 bridgehead atoms. The number of rotatable bonds is 7. The average Bonchev–Trinajstić information content (AvgIpc) is 2.68. The second-order valence-electron chi connectivity index (χ2n) is 5.97. The van der Waals surface area contributed by atoms with Gasteiger partial charge in [-0.1, -0.05) is 6.07 Å². The molecule has 0 radical (unpaired) electrons. The van der Waals surface area contributed by atoms with E-state index in [1.54, 1.807) is 18.2 Å². The van der Waals surface area contributed by atoms with Crippen LogP contribution in [0, 0.1) is 11.6 Å². The molecule has 0 saturated carbocycles. The van der Waals surface area contributed by atoms with Crippen LogP contribution >= 0.6 is 15.9 Å². The number of amides is 1. The summed E-state index contributed by atoms with van der Waals surface area (Å²) < 4.78 is 32.0. The van der Waals surface area contributed by atoms with Crippen molar-refractivity contribution in [3.8, 4) is 5.75 Å². The van der Waals surface area contributed by atoms with Crippen LogP contribution in [0.1, 0.15) is 5.56 Å². The second-order valence-corrected chi connectivity index (χ2v) is 6.82. The minimum Gasteiger partial charge on any atom is -0.483 e. The molecule has 3 aromatic rings. The quantitative estimate of drug-likeness (QED) is 0.513. The fourth-order valence-electron chi connectivity index (χ4n) is 2.42. The minimum atomic E-state index is -0.368. The smallest absolute Gasteiger partial charge is 0.262 e. The Bertz CT molecular complexity index is 948. The highest BCUT2D eigenvalue weighted by atomic mass is 79.9. The Balaban J connectivity index is 1.51. The SMILES string of the molecule is O=C(COc1ccc(CNc2ccc(F)cc2)cc1Br)Nc1ccc(F)cc1. The molecule has 0 fully saturated rings. The van der Waals surface area contributed by atoms with E-state index in [0.29, 0.717) is 22.5 Å². The van der Waals surface area contributed by atoms with Crippen molar-refractivity contribution in [2.75, 3.05) is 17.2 Å². The van der Waals surface area contributed by atoms with Gasteiger partial charge in [-0.25, -0.2) is 8.78 Å². The molecule has 7 heteroatoms. The van der Waals surface area contributed by atoms with Gasteiger partial charge in [-0.2, -0.15) is 0 Å². The van der Waals surface area contributed by atoms with Crippen molar-refractivity contribution >= 4 is 33.2 Å². The lowest BCUT2D eigenvalue weighted by molar-refractivity contribution is -0.118. The summed E-state index contributed by atoms with van der Waals surface area (Å²) in [6.07, 6.45) is 0. The van der Waals surface area contributed by atoms with Crippen molar-refractivity contribution in [3.05, 3.63) is 88.4 Å². The van der Waals surface area contributed by atoms with Gasteiger partial charge >= 0.3 is 0 Å². The fraction of sp³-hybridized carbons (Fsp3) is 0.0952. The van der Waals surface area contributed by atoms with Gasteiger partial charge in [0.05, 0.1) is 4.47 Å². The van der Waals surface area contributed by atoms with Crippen LogP contribution in [0.3, 0.4) is 0 Å². The molecule has 3 rings (SSSR count). The molecule has 0 saturated heterocycles. The molecule has 2 N–H and O–H groups in total. The van der Waals surface area contributed by atoms with Crippen molar-refractivity contribution in [1.82, 2.24) is 0 Å². The van der Waals surface area contributed by atoms with E-state index in [1.165, 1.54) is 36.4 Å². The monoisotopic (exact) mass is 446 g/mol. The summed E-state index contributed by atoms with van der Waals surface area (Å²) in [6, 6.07) is 17.1. The molecular weight excluding hydrogens is 430 g/mol. The van der Waals surface area contributed by atoms with Crippen LogP contribution < -0.4 is 15.4 Å². The van der Waals surface area contributed by atoms with Crippen molar-refractivity contribution < 1.29 is 18.3 Å². The number of anilines is 2. The van der Waals surface area contributed by atoms with Crippen LogP contribution in [0.4, 0.5) is 20.2 Å². The third kappa shape index (κ3) is 5.79. The lowest BCUT2D eigenvalue weighted by Crippen LogP contribution is -2.20. The van der Waals surface area contributed by atoms with E-state index in [1.807, 2.05) is 12.1 Å². The van der Waals surface area contributed by atoms with Crippen molar-refractivity contribution in [1.29, 1.82) is 0 Å². The number of hydrogen-bond donors (Lipinski definition) is 2. The van der Waals surface area contributed by atoms with E-state index in [2.05, 4.69) is 26.6 Å². The molecule has 0 heterocycles. The fourth-order valence-corrected chi connectivity index (χ4v) is 2.96. The number of carbonyl (C=O) groups is 1. The molecule has 3 aromatic carbocycles. The maximum absolute atomic E-state index is 12.9. The van der Waals surface area contributed by atoms with E-state index in [4.69, 9.17) is 4.74 Å². The van der Waals surface area contributed by atoms with Gasteiger partial charge in [-0.15, -0.1) is 0 Å². The molecule has 0 aliphatic carbocycles. The summed E-state index contributed by atoms with van der Waals surface area (Å²) in [5, 5.41) is 5.83. The third-order valence-electron chi connectivity index (χ3n) is 3.82. The number of hydrogen-bond acceptors (Lipinski definition) is 3. The van der Waals surface area contributed by atoms with Crippen molar-refractivity contribution in [2.45, 2.75) is 6.54 Å². The molecule has 0 spiro atoms. The number of carbonyl (C=O) groups excluding carboxylic acids is 1. The van der Waals surface area contributed by atoms with Crippen LogP contribution in [0.5, 0.6) is 5.75 Å². The first-order valence-corrected chi connectivity index (χ1v) is 9.25. The first kappa shape index (κ1) is 19.8. The minimum absolute atomic E-state index is 0.177. The summed E-state index contributed by atoms with van der Waals surface area (Å²) in [7, 11) is 0. The molecule has 1 amide bonds. The summed E-state index contributed by atoms with van der Waals surface area (Å²) in [5.41, 5.74) is 2.30. The maximum atomic E-state index is 12.9. The summed E-state index contributed by atoms with van der Waals surface area (Å²) in [4.78, 5) is 12.0. The number of halogens is 3. The zero-order chi connectivity index (χ0) is 19.9. The lowest BCUT2D eigenvalue weighted by atomic mass is 10.2. The Hall–Kier alpha value is -2.93. The molecule has 0 aliphatic heterocycles. The molecule has 144 valence electrons. The van der Waals surface area contributed by atoms with Gasteiger partial charge in [0.15, 0.2) is 6.61 Å². The van der Waals surface area contributed by atoms with Gasteiger partial charge in [0.25, 0.3) is 5.91 Å². The van der Waals surface area contributed by atoms with E-state index >= 15 is 0 Å². The Kier molecular flexibility index (Phi) is 6.60. The highest BCUT2D eigenvalue weighted by Crippen LogP contribution is 2.26. The molecule has 0 unspecified atom stereocenters. The Labute approximate surface area is 169 Å². The van der Waals surface area contributed by atoms with Gasteiger partial charge in [0.2, 0.25) is 0 Å². The van der Waals surface area contributed by atoms with Crippen LogP contribution in [0.2, 0.25) is 0 Å². The van der Waals surface area contributed by atoms with Gasteiger partial charge in [-0.05, 0) is 82.2 Å². The molecule has 0 aliphatic rings. The first-order valence-electron chi connectivity index (χ1n) is 8.46. The lowest BCUT2D eigenvalue weighted by Gasteiger charge is -2.11. The predicted octanol–water partition coefficient (Wildman–Crippen LogP) is 5.36. The largest absolute Gasteiger partial charge is 0.483 e. The summed E-state index contributed by atoms with van der Waals surface area (Å²) in [5.74, 6) is -0.467. The van der Waals surface area contributed by atoms with E-state index < -0.39 is 0 Å². The first-order chi connectivity index (χ1) is 13.5. The topological polar surface area (TPSA) is 50.4 Å². The highest BCUT2D eigenvalue weighted by Gasteiger charge is 2.07. The van der Waals surface area contributed by atoms with Crippen LogP contribution in [-0.4, -0.2) is 12.5 Å². The Morgan fingerprint density at radius 1 is 0.893 bits per heavy atom. The van der Waals surface area contributed by atoms with Crippen LogP contribution in [0.15, 0.2) is 71.2 Å². The van der Waals surface area contributed by atoms with E-state index in [0.717, 1.165) is 11.3 Å². The molecular formula is C21H17BrF2N2O2. The van der Waals surface area contributed by atoms with Crippen molar-refractivity contribution in [2.24, 2.45) is 0 Å². The van der Waals surface area contributed by atoms with E-state index in [-0.39, 0.29) is 24.1 Å². The molecule has 28 heavy (non-hydrogen) atoms. The van der Waals surface area contributed by atoms with Crippen LogP contribution in [-0.2, 0) is 11.3 Å². The zero-order valence-electron chi connectivity index (χ0n) is 14.7. The van der Waals surface area contributed by atoms with Gasteiger partial charge in [0, 0.05) is 17.9 Å². The van der Waals surface area contributed by atoms with Gasteiger partial charge < -0.3 is 15.4 Å². The van der Waals surface area contributed by atoms with Gasteiger partial charge in [0.1, 0.15) is 17.4 Å². The number of benzene rings is 3. The molecule has 0 aromatic heterocycles. The summed E-state index contributed by atoms with van der Waals surface area (Å²) in [6.45, 7) is 0.374. The second kappa shape index (κ2) is 9.32. The standard InChI is InChI=1S/C21H17BrF2N2O2/c22-19-11-14(12-25-17-6-2-15(23)3-7-17)1-10-20(19)28-13-21(27)26-18-8-4-16(24)5-9-18/h1-11,25H,12-13H2,(H,26,27). The highest BCUT2D eigenvalue weighted by molar-refractivity contribution is 9.10. The van der Waals surface area contributed by atoms with Crippen molar-refractivity contribution in [3.63, 3.8) is 0 Å². The number of nitrogens with one attached hydrogen (secondary N) is 2.